The monoisotopic (exact) mass is 387 g/mol. The number of amides is 2. The molecule has 3 rings (SSSR count). The van der Waals surface area contributed by atoms with Gasteiger partial charge in [0.2, 0.25) is 0 Å². The molecule has 0 unspecified atom stereocenters. The lowest BCUT2D eigenvalue weighted by Crippen LogP contribution is -2.54. The first kappa shape index (κ1) is 20.6. The highest BCUT2D eigenvalue weighted by molar-refractivity contribution is 5.83. The van der Waals surface area contributed by atoms with Crippen molar-refractivity contribution in [1.29, 1.82) is 0 Å². The summed E-state index contributed by atoms with van der Waals surface area (Å²) in [6.07, 6.45) is 3.70. The van der Waals surface area contributed by atoms with E-state index in [9.17, 15) is 9.59 Å². The molecule has 1 aliphatic carbocycles. The van der Waals surface area contributed by atoms with Crippen LogP contribution < -0.4 is 5.32 Å². The molecule has 1 aliphatic heterocycles. The van der Waals surface area contributed by atoms with Crippen LogP contribution in [0.15, 0.2) is 30.3 Å². The van der Waals surface area contributed by atoms with Crippen LogP contribution in [-0.2, 0) is 15.1 Å². The zero-order chi connectivity index (χ0) is 20.6. The van der Waals surface area contributed by atoms with Gasteiger partial charge in [0, 0.05) is 12.1 Å². The van der Waals surface area contributed by atoms with E-state index >= 15 is 0 Å². The van der Waals surface area contributed by atoms with Gasteiger partial charge in [-0.2, -0.15) is 0 Å². The number of carbonyl (C=O) groups excluding carboxylic acids is 2. The van der Waals surface area contributed by atoms with Gasteiger partial charge in [0.1, 0.15) is 12.1 Å². The summed E-state index contributed by atoms with van der Waals surface area (Å²) in [4.78, 5) is 28.6. The Balaban J connectivity index is 1.68. The van der Waals surface area contributed by atoms with Crippen molar-refractivity contribution in [3.05, 3.63) is 35.9 Å². The van der Waals surface area contributed by atoms with E-state index in [0.717, 1.165) is 25.7 Å². The molecule has 0 aromatic heterocycles. The van der Waals surface area contributed by atoms with Gasteiger partial charge in [-0.15, -0.1) is 0 Å². The van der Waals surface area contributed by atoms with Crippen LogP contribution in [0.2, 0.25) is 0 Å². The number of hydrogen-bond acceptors (Lipinski definition) is 4. The lowest BCUT2D eigenvalue weighted by molar-refractivity contribution is -0.155. The van der Waals surface area contributed by atoms with Crippen LogP contribution >= 0.6 is 0 Å². The first-order valence-electron chi connectivity index (χ1n) is 10.1. The minimum atomic E-state index is -0.545. The highest BCUT2D eigenvalue weighted by Gasteiger charge is 2.50. The van der Waals surface area contributed by atoms with E-state index in [1.165, 1.54) is 5.56 Å². The number of urea groups is 1. The Hall–Kier alpha value is -2.08. The van der Waals surface area contributed by atoms with E-state index in [-0.39, 0.29) is 29.6 Å². The predicted octanol–water partition coefficient (Wildman–Crippen LogP) is 3.12. The second-order valence-electron chi connectivity index (χ2n) is 9.45. The number of nitrogens with one attached hydrogen (secondary N) is 1. The third-order valence-corrected chi connectivity index (χ3v) is 6.09. The van der Waals surface area contributed by atoms with E-state index in [1.807, 2.05) is 26.8 Å². The Morgan fingerprint density at radius 1 is 1.14 bits per heavy atom. The molecule has 0 radical (unpaired) electrons. The third kappa shape index (κ3) is 4.17. The fraction of sp³-hybridized carbons (Fsp3) is 0.636. The smallest absolute Gasteiger partial charge is 0.326 e. The summed E-state index contributed by atoms with van der Waals surface area (Å²) in [5, 5.41) is 3.18. The summed E-state index contributed by atoms with van der Waals surface area (Å²) in [5.74, 6) is -0.359. The third-order valence-electron chi connectivity index (χ3n) is 6.09. The highest BCUT2D eigenvalue weighted by atomic mass is 16.6. The van der Waals surface area contributed by atoms with E-state index in [4.69, 9.17) is 4.74 Å². The Labute approximate surface area is 168 Å². The summed E-state index contributed by atoms with van der Waals surface area (Å²) in [7, 11) is 4.26. The maximum atomic E-state index is 12.5. The zero-order valence-electron chi connectivity index (χ0n) is 17.7. The van der Waals surface area contributed by atoms with Gasteiger partial charge in [-0.05, 0) is 66.1 Å². The lowest BCUT2D eigenvalue weighted by Gasteiger charge is -2.48. The molecule has 0 bridgehead atoms. The maximum absolute atomic E-state index is 12.5. The van der Waals surface area contributed by atoms with Crippen LogP contribution in [0.25, 0.3) is 0 Å². The molecule has 2 amide bonds. The Kier molecular flexibility index (Phi) is 5.45. The molecular weight excluding hydrogens is 354 g/mol. The summed E-state index contributed by atoms with van der Waals surface area (Å²) < 4.78 is 5.38. The average molecular weight is 388 g/mol. The van der Waals surface area contributed by atoms with Crippen molar-refractivity contribution in [2.75, 3.05) is 27.2 Å². The molecule has 0 atom stereocenters. The molecule has 2 fully saturated rings. The summed E-state index contributed by atoms with van der Waals surface area (Å²) in [6, 6.07) is 10.4. The van der Waals surface area contributed by atoms with Crippen LogP contribution in [0.5, 0.6) is 0 Å². The van der Waals surface area contributed by atoms with Gasteiger partial charge in [0.25, 0.3) is 0 Å². The van der Waals surface area contributed by atoms with Gasteiger partial charge < -0.3 is 15.0 Å². The van der Waals surface area contributed by atoms with Crippen LogP contribution in [0.4, 0.5) is 4.79 Å². The molecule has 154 valence electrons. The number of esters is 1. The van der Waals surface area contributed by atoms with Crippen molar-refractivity contribution < 1.29 is 14.3 Å². The second-order valence-corrected chi connectivity index (χ2v) is 9.45. The van der Waals surface area contributed by atoms with Crippen LogP contribution in [0.1, 0.15) is 52.0 Å². The Morgan fingerprint density at radius 2 is 1.75 bits per heavy atom. The zero-order valence-corrected chi connectivity index (χ0v) is 17.7. The second kappa shape index (κ2) is 7.39. The standard InChI is InChI=1S/C22H33N3O3/c1-20(2,3)28-18(26)15-25-16-21(23-19(25)27)11-13-22(14-12-21,24(4)5)17-9-7-6-8-10-17/h6-10H,11-16H2,1-5H3,(H,23,27). The quantitative estimate of drug-likeness (QED) is 0.807. The molecular formula is C22H33N3O3. The fourth-order valence-electron chi connectivity index (χ4n) is 4.61. The van der Waals surface area contributed by atoms with Gasteiger partial charge in [-0.25, -0.2) is 4.79 Å². The number of ether oxygens (including phenoxy) is 1. The Bertz CT molecular complexity index is 716. The normalized spacial score (nSPS) is 27.9. The molecule has 2 aliphatic rings. The molecule has 6 nitrogen and oxygen atoms in total. The van der Waals surface area contributed by atoms with Gasteiger partial charge in [-0.1, -0.05) is 30.3 Å². The lowest BCUT2D eigenvalue weighted by atomic mass is 9.69. The van der Waals surface area contributed by atoms with Gasteiger partial charge in [0.15, 0.2) is 0 Å². The minimum absolute atomic E-state index is 0.00234. The molecule has 1 spiro atoms. The van der Waals surface area contributed by atoms with E-state index in [1.54, 1.807) is 4.90 Å². The van der Waals surface area contributed by atoms with Crippen molar-refractivity contribution in [2.24, 2.45) is 0 Å². The van der Waals surface area contributed by atoms with Gasteiger partial charge in [-0.3, -0.25) is 9.69 Å². The van der Waals surface area contributed by atoms with Crippen molar-refractivity contribution in [3.63, 3.8) is 0 Å². The minimum Gasteiger partial charge on any atom is -0.459 e. The molecule has 1 saturated carbocycles. The Morgan fingerprint density at radius 3 is 2.29 bits per heavy atom. The predicted molar refractivity (Wildman–Crippen MR) is 109 cm³/mol. The molecule has 1 heterocycles. The molecule has 1 aromatic carbocycles. The van der Waals surface area contributed by atoms with Crippen LogP contribution in [0.3, 0.4) is 0 Å². The number of carbonyl (C=O) groups is 2. The van der Waals surface area contributed by atoms with Crippen LogP contribution in [0, 0.1) is 0 Å². The highest BCUT2D eigenvalue weighted by Crippen LogP contribution is 2.45. The van der Waals surface area contributed by atoms with Gasteiger partial charge in [0.05, 0.1) is 5.54 Å². The number of hydrogen-bond donors (Lipinski definition) is 1. The van der Waals surface area contributed by atoms with E-state index in [0.29, 0.717) is 6.54 Å². The average Bonchev–Trinajstić information content (AvgIpc) is 2.90. The molecule has 1 N–H and O–H groups in total. The molecule has 1 saturated heterocycles. The largest absolute Gasteiger partial charge is 0.459 e. The SMILES string of the molecule is CN(C)C1(c2ccccc2)CCC2(CC1)CN(CC(=O)OC(C)(C)C)C(=O)N2. The summed E-state index contributed by atoms with van der Waals surface area (Å²) >= 11 is 0. The first-order valence-corrected chi connectivity index (χ1v) is 10.1. The van der Waals surface area contributed by atoms with Crippen molar-refractivity contribution in [1.82, 2.24) is 15.1 Å². The van der Waals surface area contributed by atoms with Crippen LogP contribution in [-0.4, -0.2) is 60.1 Å². The van der Waals surface area contributed by atoms with Crippen molar-refractivity contribution >= 4 is 12.0 Å². The fourth-order valence-corrected chi connectivity index (χ4v) is 4.61. The topological polar surface area (TPSA) is 61.9 Å². The number of rotatable bonds is 4. The molecule has 28 heavy (non-hydrogen) atoms. The summed E-state index contributed by atoms with van der Waals surface area (Å²) in [6.45, 7) is 6.07. The van der Waals surface area contributed by atoms with Crippen molar-refractivity contribution in [2.45, 2.75) is 63.1 Å². The number of nitrogens with zero attached hydrogens (tertiary/aromatic N) is 2. The summed E-state index contributed by atoms with van der Waals surface area (Å²) in [5.41, 5.74) is 0.504. The van der Waals surface area contributed by atoms with Gasteiger partial charge >= 0.3 is 12.0 Å². The first-order chi connectivity index (χ1) is 13.1. The number of benzene rings is 1. The van der Waals surface area contributed by atoms with Crippen molar-refractivity contribution in [3.8, 4) is 0 Å². The van der Waals surface area contributed by atoms with E-state index < -0.39 is 5.60 Å². The van der Waals surface area contributed by atoms with E-state index in [2.05, 4.69) is 48.6 Å². The molecule has 1 aromatic rings. The molecule has 6 heteroatoms. The maximum Gasteiger partial charge on any atom is 0.326 e.